The van der Waals surface area contributed by atoms with E-state index < -0.39 is 10.0 Å². The van der Waals surface area contributed by atoms with E-state index in [4.69, 9.17) is 4.42 Å². The molecule has 1 aromatic rings. The summed E-state index contributed by atoms with van der Waals surface area (Å²) in [5.74, 6) is 0.627. The minimum Gasteiger partial charge on any atom is -0.447 e. The molecule has 1 heterocycles. The maximum Gasteiger partial charge on any atom is 0.274 e. The Bertz CT molecular complexity index is 578. The molecule has 1 saturated carbocycles. The largest absolute Gasteiger partial charge is 0.447 e. The molecule has 0 atom stereocenters. The average Bonchev–Trinajstić information content (AvgIpc) is 2.94. The van der Waals surface area contributed by atoms with Crippen LogP contribution < -0.4 is 10.0 Å². The Kier molecular flexibility index (Phi) is 4.52. The van der Waals surface area contributed by atoms with E-state index in [2.05, 4.69) is 30.8 Å². The number of nitrogens with one attached hydrogen (secondary N) is 2. The highest BCUT2D eigenvalue weighted by molar-refractivity contribution is 7.89. The predicted molar refractivity (Wildman–Crippen MR) is 82.5 cm³/mol. The van der Waals surface area contributed by atoms with Crippen molar-refractivity contribution in [2.24, 2.45) is 0 Å². The Labute approximate surface area is 127 Å². The zero-order chi connectivity index (χ0) is 15.7. The third-order valence-electron chi connectivity index (χ3n) is 3.78. The fourth-order valence-electron chi connectivity index (χ4n) is 2.58. The monoisotopic (exact) mass is 314 g/mol. The van der Waals surface area contributed by atoms with Gasteiger partial charge in [-0.05, 0) is 52.7 Å². The van der Waals surface area contributed by atoms with Crippen LogP contribution in [0.1, 0.15) is 59.1 Å². The quantitative estimate of drug-likeness (QED) is 0.876. The molecule has 0 saturated heterocycles. The SMILES string of the molecule is CC(C)(C)NCc1ccc(S(=O)(=O)NC2(C)CCCC2)o1. The Morgan fingerprint density at radius 2 is 1.86 bits per heavy atom. The van der Waals surface area contributed by atoms with Gasteiger partial charge in [-0.25, -0.2) is 13.1 Å². The van der Waals surface area contributed by atoms with Crippen LogP contribution in [-0.2, 0) is 16.6 Å². The van der Waals surface area contributed by atoms with Crippen molar-refractivity contribution in [3.05, 3.63) is 17.9 Å². The van der Waals surface area contributed by atoms with Gasteiger partial charge < -0.3 is 9.73 Å². The van der Waals surface area contributed by atoms with Gasteiger partial charge in [0.15, 0.2) is 0 Å². The molecule has 0 bridgehead atoms. The van der Waals surface area contributed by atoms with Crippen LogP contribution in [0.5, 0.6) is 0 Å². The molecular weight excluding hydrogens is 288 g/mol. The Hall–Kier alpha value is -0.850. The normalized spacial score (nSPS) is 19.0. The third-order valence-corrected chi connectivity index (χ3v) is 5.29. The van der Waals surface area contributed by atoms with Gasteiger partial charge >= 0.3 is 0 Å². The van der Waals surface area contributed by atoms with Crippen molar-refractivity contribution in [2.75, 3.05) is 0 Å². The molecule has 1 aromatic heterocycles. The predicted octanol–water partition coefficient (Wildman–Crippen LogP) is 2.78. The van der Waals surface area contributed by atoms with Crippen LogP contribution in [0.4, 0.5) is 0 Å². The molecule has 1 aliphatic carbocycles. The molecule has 2 rings (SSSR count). The third kappa shape index (κ3) is 4.56. The molecule has 1 aliphatic rings. The van der Waals surface area contributed by atoms with Crippen LogP contribution in [0.3, 0.4) is 0 Å². The summed E-state index contributed by atoms with van der Waals surface area (Å²) in [6, 6.07) is 3.24. The topological polar surface area (TPSA) is 71.3 Å². The first-order chi connectivity index (χ1) is 9.60. The van der Waals surface area contributed by atoms with Gasteiger partial charge in [-0.3, -0.25) is 0 Å². The van der Waals surface area contributed by atoms with E-state index in [1.54, 1.807) is 6.07 Å². The van der Waals surface area contributed by atoms with Crippen LogP contribution >= 0.6 is 0 Å². The molecule has 120 valence electrons. The summed E-state index contributed by atoms with van der Waals surface area (Å²) < 4.78 is 33.0. The molecule has 0 unspecified atom stereocenters. The number of sulfonamides is 1. The van der Waals surface area contributed by atoms with Gasteiger partial charge in [0.25, 0.3) is 10.0 Å². The molecule has 6 heteroatoms. The van der Waals surface area contributed by atoms with Gasteiger partial charge in [-0.15, -0.1) is 0 Å². The number of hydrogen-bond acceptors (Lipinski definition) is 4. The lowest BCUT2D eigenvalue weighted by Crippen LogP contribution is -2.43. The molecule has 1 fully saturated rings. The van der Waals surface area contributed by atoms with Crippen LogP contribution in [-0.4, -0.2) is 19.5 Å². The molecule has 5 nitrogen and oxygen atoms in total. The van der Waals surface area contributed by atoms with E-state index in [9.17, 15) is 8.42 Å². The van der Waals surface area contributed by atoms with Crippen molar-refractivity contribution in [3.63, 3.8) is 0 Å². The second kappa shape index (κ2) is 5.74. The summed E-state index contributed by atoms with van der Waals surface area (Å²) in [6.45, 7) is 8.63. The molecule has 0 amide bonds. The van der Waals surface area contributed by atoms with Crippen molar-refractivity contribution >= 4 is 10.0 Å². The van der Waals surface area contributed by atoms with Crippen molar-refractivity contribution < 1.29 is 12.8 Å². The van der Waals surface area contributed by atoms with Gasteiger partial charge in [0.2, 0.25) is 5.09 Å². The maximum atomic E-state index is 12.4. The van der Waals surface area contributed by atoms with Crippen molar-refractivity contribution in [1.29, 1.82) is 0 Å². The molecule has 0 spiro atoms. The number of hydrogen-bond donors (Lipinski definition) is 2. The van der Waals surface area contributed by atoms with E-state index in [-0.39, 0.29) is 16.2 Å². The summed E-state index contributed by atoms with van der Waals surface area (Å²) in [4.78, 5) is 0. The summed E-state index contributed by atoms with van der Waals surface area (Å²) in [7, 11) is -3.58. The lowest BCUT2D eigenvalue weighted by atomic mass is 10.0. The van der Waals surface area contributed by atoms with E-state index in [0.29, 0.717) is 12.3 Å². The summed E-state index contributed by atoms with van der Waals surface area (Å²) in [5.41, 5.74) is -0.378. The van der Waals surface area contributed by atoms with Crippen molar-refractivity contribution in [1.82, 2.24) is 10.0 Å². The lowest BCUT2D eigenvalue weighted by Gasteiger charge is -2.24. The van der Waals surface area contributed by atoms with Gasteiger partial charge in [0, 0.05) is 11.1 Å². The molecule has 0 radical (unpaired) electrons. The van der Waals surface area contributed by atoms with E-state index in [1.807, 2.05) is 6.92 Å². The minimum absolute atomic E-state index is 0.00124. The minimum atomic E-state index is -3.58. The highest BCUT2D eigenvalue weighted by Crippen LogP contribution is 2.30. The number of furan rings is 1. The second-order valence-electron chi connectivity index (χ2n) is 7.20. The van der Waals surface area contributed by atoms with Crippen molar-refractivity contribution in [3.8, 4) is 0 Å². The van der Waals surface area contributed by atoms with E-state index >= 15 is 0 Å². The second-order valence-corrected chi connectivity index (χ2v) is 8.81. The smallest absolute Gasteiger partial charge is 0.274 e. The zero-order valence-electron chi connectivity index (χ0n) is 13.3. The zero-order valence-corrected chi connectivity index (χ0v) is 14.1. The highest BCUT2D eigenvalue weighted by atomic mass is 32.2. The van der Waals surface area contributed by atoms with Crippen LogP contribution in [0.25, 0.3) is 0 Å². The Morgan fingerprint density at radius 3 is 2.43 bits per heavy atom. The molecule has 2 N–H and O–H groups in total. The molecule has 0 aliphatic heterocycles. The first kappa shape index (κ1) is 16.5. The molecule has 21 heavy (non-hydrogen) atoms. The fraction of sp³-hybridized carbons (Fsp3) is 0.733. The average molecular weight is 314 g/mol. The van der Waals surface area contributed by atoms with Gasteiger partial charge in [-0.2, -0.15) is 0 Å². The molecular formula is C15H26N2O3S. The highest BCUT2D eigenvalue weighted by Gasteiger charge is 2.34. The summed E-state index contributed by atoms with van der Waals surface area (Å²) in [5, 5.41) is 3.28. The van der Waals surface area contributed by atoms with Crippen LogP contribution in [0, 0.1) is 0 Å². The Balaban J connectivity index is 2.05. The van der Waals surface area contributed by atoms with Crippen LogP contribution in [0.2, 0.25) is 0 Å². The van der Waals surface area contributed by atoms with E-state index in [0.717, 1.165) is 25.7 Å². The summed E-state index contributed by atoms with van der Waals surface area (Å²) >= 11 is 0. The first-order valence-electron chi connectivity index (χ1n) is 7.47. The Morgan fingerprint density at radius 1 is 1.24 bits per heavy atom. The lowest BCUT2D eigenvalue weighted by molar-refractivity contribution is 0.354. The van der Waals surface area contributed by atoms with Gasteiger partial charge in [0.05, 0.1) is 6.54 Å². The fourth-order valence-corrected chi connectivity index (χ4v) is 4.00. The first-order valence-corrected chi connectivity index (χ1v) is 8.96. The standard InChI is InChI=1S/C15H26N2O3S/c1-14(2,3)16-11-12-7-8-13(20-12)21(18,19)17-15(4)9-5-6-10-15/h7-8,16-17H,5-6,9-11H2,1-4H3. The molecule has 0 aromatic carbocycles. The van der Waals surface area contributed by atoms with Gasteiger partial charge in [-0.1, -0.05) is 12.8 Å². The van der Waals surface area contributed by atoms with Gasteiger partial charge in [0.1, 0.15) is 5.76 Å². The van der Waals surface area contributed by atoms with Crippen molar-refractivity contribution in [2.45, 2.75) is 76.1 Å². The van der Waals surface area contributed by atoms with Crippen LogP contribution in [0.15, 0.2) is 21.6 Å². The summed E-state index contributed by atoms with van der Waals surface area (Å²) in [6.07, 6.45) is 3.90. The van der Waals surface area contributed by atoms with E-state index in [1.165, 1.54) is 6.07 Å². The number of rotatable bonds is 5. The maximum absolute atomic E-state index is 12.4.